The highest BCUT2D eigenvalue weighted by Gasteiger charge is 2.31. The highest BCUT2D eigenvalue weighted by Crippen LogP contribution is 2.33. The topological polar surface area (TPSA) is 96.0 Å². The van der Waals surface area contributed by atoms with Crippen molar-refractivity contribution in [2.24, 2.45) is 0 Å². The molecule has 0 bridgehead atoms. The summed E-state index contributed by atoms with van der Waals surface area (Å²) in [4.78, 5) is 23.0. The second-order valence-electron chi connectivity index (χ2n) is 7.51. The van der Waals surface area contributed by atoms with Gasteiger partial charge in [-0.15, -0.1) is 0 Å². The first kappa shape index (κ1) is 16.3. The number of hydrogen-bond acceptors (Lipinski definition) is 6. The van der Waals surface area contributed by atoms with Crippen molar-refractivity contribution in [1.82, 2.24) is 25.5 Å². The van der Waals surface area contributed by atoms with E-state index in [2.05, 4.69) is 37.3 Å². The average molecular weight is 366 g/mol. The van der Waals surface area contributed by atoms with Crippen LogP contribution in [-0.4, -0.2) is 51.0 Å². The number of aromatic amines is 1. The Morgan fingerprint density at radius 1 is 1.26 bits per heavy atom. The minimum atomic E-state index is -0.302. The van der Waals surface area contributed by atoms with Gasteiger partial charge in [-0.2, -0.15) is 5.10 Å². The van der Waals surface area contributed by atoms with Crippen LogP contribution in [0.1, 0.15) is 32.6 Å². The van der Waals surface area contributed by atoms with Gasteiger partial charge in [0.25, 0.3) is 0 Å². The van der Waals surface area contributed by atoms with Crippen LogP contribution in [0.5, 0.6) is 0 Å². The van der Waals surface area contributed by atoms with Crippen LogP contribution in [0.15, 0.2) is 24.7 Å². The maximum Gasteiger partial charge on any atom is 0.407 e. The van der Waals surface area contributed by atoms with Crippen molar-refractivity contribution in [1.29, 1.82) is 0 Å². The molecule has 1 amide bonds. The van der Waals surface area contributed by atoms with Crippen LogP contribution in [0.2, 0.25) is 0 Å². The Hall–Kier alpha value is -2.90. The summed E-state index contributed by atoms with van der Waals surface area (Å²) in [7, 11) is 0. The van der Waals surface area contributed by atoms with Crippen molar-refractivity contribution >= 4 is 33.7 Å². The van der Waals surface area contributed by atoms with Crippen molar-refractivity contribution in [3.63, 3.8) is 0 Å². The molecule has 0 spiro atoms. The molecule has 3 aromatic rings. The summed E-state index contributed by atoms with van der Waals surface area (Å²) in [5.41, 5.74) is 0.727. The number of nitrogens with one attached hydrogen (secondary N) is 2. The number of amides is 1. The van der Waals surface area contributed by atoms with Gasteiger partial charge >= 0.3 is 6.09 Å². The van der Waals surface area contributed by atoms with Crippen molar-refractivity contribution in [2.75, 3.05) is 11.4 Å². The van der Waals surface area contributed by atoms with Gasteiger partial charge in [0.15, 0.2) is 5.65 Å². The molecule has 2 N–H and O–H groups in total. The minimum Gasteiger partial charge on any atom is -0.444 e. The van der Waals surface area contributed by atoms with Gasteiger partial charge in [-0.05, 0) is 38.7 Å². The highest BCUT2D eigenvalue weighted by molar-refractivity contribution is 6.10. The van der Waals surface area contributed by atoms with E-state index in [1.807, 2.05) is 6.07 Å². The molecule has 8 heteroatoms. The lowest BCUT2D eigenvalue weighted by atomic mass is 10.0. The largest absolute Gasteiger partial charge is 0.444 e. The van der Waals surface area contributed by atoms with Crippen LogP contribution < -0.4 is 10.2 Å². The number of carbonyl (C=O) groups excluding carboxylic acids is 1. The Labute approximate surface area is 156 Å². The Balaban J connectivity index is 1.46. The number of hydrogen-bond donors (Lipinski definition) is 2. The van der Waals surface area contributed by atoms with E-state index in [4.69, 9.17) is 4.74 Å². The normalized spacial score (nSPS) is 22.9. The first-order valence-corrected chi connectivity index (χ1v) is 9.49. The van der Waals surface area contributed by atoms with Gasteiger partial charge < -0.3 is 15.0 Å². The summed E-state index contributed by atoms with van der Waals surface area (Å²) in [5, 5.41) is 13.4. The van der Waals surface area contributed by atoms with Crippen molar-refractivity contribution in [3.05, 3.63) is 24.7 Å². The molecular formula is C19H22N6O2. The van der Waals surface area contributed by atoms with Crippen LogP contribution in [-0.2, 0) is 4.74 Å². The molecule has 2 unspecified atom stereocenters. The number of rotatable bonds is 3. The molecule has 1 aliphatic heterocycles. The van der Waals surface area contributed by atoms with Crippen molar-refractivity contribution in [2.45, 2.75) is 50.8 Å². The fourth-order valence-corrected chi connectivity index (χ4v) is 3.83. The van der Waals surface area contributed by atoms with E-state index in [0.29, 0.717) is 18.6 Å². The van der Waals surface area contributed by atoms with E-state index in [-0.39, 0.29) is 12.2 Å². The molecule has 2 atom stereocenters. The molecule has 140 valence electrons. The van der Waals surface area contributed by atoms with Gasteiger partial charge in [0.2, 0.25) is 0 Å². The van der Waals surface area contributed by atoms with Crippen molar-refractivity contribution < 1.29 is 9.53 Å². The second kappa shape index (κ2) is 6.37. The van der Waals surface area contributed by atoms with Crippen LogP contribution in [0.4, 0.5) is 10.6 Å². The Kier molecular flexibility index (Phi) is 3.84. The Bertz CT molecular complexity index is 998. The molecule has 2 fully saturated rings. The van der Waals surface area contributed by atoms with Gasteiger partial charge in [0, 0.05) is 40.6 Å². The maximum atomic E-state index is 12.1. The van der Waals surface area contributed by atoms with E-state index in [9.17, 15) is 4.79 Å². The van der Waals surface area contributed by atoms with E-state index >= 15 is 0 Å². The van der Waals surface area contributed by atoms with E-state index < -0.39 is 0 Å². The molecule has 2 aliphatic rings. The number of nitrogens with zero attached hydrogens (tertiary/aromatic N) is 4. The molecule has 27 heavy (non-hydrogen) atoms. The second-order valence-corrected chi connectivity index (χ2v) is 7.51. The summed E-state index contributed by atoms with van der Waals surface area (Å²) >= 11 is 0. The molecule has 0 radical (unpaired) electrons. The van der Waals surface area contributed by atoms with Gasteiger partial charge in [0.05, 0.1) is 12.7 Å². The quantitative estimate of drug-likeness (QED) is 0.740. The lowest BCUT2D eigenvalue weighted by molar-refractivity contribution is 0.0833. The summed E-state index contributed by atoms with van der Waals surface area (Å²) < 4.78 is 5.68. The summed E-state index contributed by atoms with van der Waals surface area (Å²) in [6, 6.07) is 2.59. The maximum absolute atomic E-state index is 12.1. The monoisotopic (exact) mass is 366 g/mol. The van der Waals surface area contributed by atoms with E-state index in [1.165, 1.54) is 0 Å². The number of alkyl carbamates (subject to hydrolysis) is 1. The van der Waals surface area contributed by atoms with Gasteiger partial charge in [-0.1, -0.05) is 0 Å². The zero-order chi connectivity index (χ0) is 18.4. The van der Waals surface area contributed by atoms with Crippen molar-refractivity contribution in [3.8, 4) is 0 Å². The van der Waals surface area contributed by atoms with Gasteiger partial charge in [0.1, 0.15) is 11.9 Å². The SMILES string of the molecule is CC1CCC(OC(=O)NC2CC2)CN1c1[nH]ncc2cnc3nccc3c12. The Morgan fingerprint density at radius 2 is 2.15 bits per heavy atom. The van der Waals surface area contributed by atoms with E-state index in [1.54, 1.807) is 18.6 Å². The first-order chi connectivity index (χ1) is 13.2. The Morgan fingerprint density at radius 3 is 3.00 bits per heavy atom. The number of carbonyl (C=O) groups is 1. The molecule has 1 aliphatic carbocycles. The lowest BCUT2D eigenvalue weighted by Gasteiger charge is -2.39. The van der Waals surface area contributed by atoms with Gasteiger partial charge in [-0.3, -0.25) is 5.10 Å². The molecule has 3 aromatic heterocycles. The molecule has 5 rings (SSSR count). The lowest BCUT2D eigenvalue weighted by Crippen LogP contribution is -2.47. The zero-order valence-corrected chi connectivity index (χ0v) is 15.2. The number of aromatic nitrogens is 4. The van der Waals surface area contributed by atoms with Crippen LogP contribution in [0.25, 0.3) is 21.8 Å². The molecule has 1 saturated heterocycles. The third-order valence-corrected chi connectivity index (χ3v) is 5.47. The van der Waals surface area contributed by atoms with Gasteiger partial charge in [-0.25, -0.2) is 14.8 Å². The van der Waals surface area contributed by atoms with Crippen LogP contribution in [0, 0.1) is 0 Å². The van der Waals surface area contributed by atoms with E-state index in [0.717, 1.165) is 53.3 Å². The summed E-state index contributed by atoms with van der Waals surface area (Å²) in [6.07, 6.45) is 8.83. The number of fused-ring (bicyclic) bond motifs is 3. The predicted octanol–water partition coefficient (Wildman–Crippen LogP) is 2.75. The average Bonchev–Trinajstić information content (AvgIpc) is 3.34. The standard InChI is InChI=1S/C19H22N6O2/c1-11-2-5-14(27-19(26)23-13-3-4-13)10-25(11)18-16-12(9-22-24-18)8-21-17-15(16)6-7-20-17/h6-9,11,13-14,24H,2-5,10H2,1H3,(H,23,26). The molecular weight excluding hydrogens is 344 g/mol. The molecule has 4 heterocycles. The molecule has 0 aromatic carbocycles. The fraction of sp³-hybridized carbons (Fsp3) is 0.474. The predicted molar refractivity (Wildman–Crippen MR) is 102 cm³/mol. The highest BCUT2D eigenvalue weighted by atomic mass is 16.6. The molecule has 1 saturated carbocycles. The summed E-state index contributed by atoms with van der Waals surface area (Å²) in [5.74, 6) is 0.927. The number of H-pyrrole nitrogens is 1. The van der Waals surface area contributed by atoms with Crippen LogP contribution >= 0.6 is 0 Å². The summed E-state index contributed by atoms with van der Waals surface area (Å²) in [6.45, 7) is 2.82. The van der Waals surface area contributed by atoms with Crippen LogP contribution in [0.3, 0.4) is 0 Å². The number of anilines is 1. The number of piperidine rings is 1. The zero-order valence-electron chi connectivity index (χ0n) is 15.2. The minimum absolute atomic E-state index is 0.140. The third kappa shape index (κ3) is 3.05. The fourth-order valence-electron chi connectivity index (χ4n) is 3.83. The number of ether oxygens (including phenoxy) is 1. The number of pyridine rings is 1. The first-order valence-electron chi connectivity index (χ1n) is 9.49. The third-order valence-electron chi connectivity index (χ3n) is 5.47. The molecule has 8 nitrogen and oxygen atoms in total. The smallest absolute Gasteiger partial charge is 0.407 e.